The van der Waals surface area contributed by atoms with Gasteiger partial charge in [-0.25, -0.2) is 4.79 Å². The largest absolute Gasteiger partial charge is 0.508 e. The third kappa shape index (κ3) is 2.72. The van der Waals surface area contributed by atoms with E-state index in [9.17, 15) is 9.90 Å². The van der Waals surface area contributed by atoms with Crippen LogP contribution in [0.5, 0.6) is 11.5 Å². The first-order chi connectivity index (χ1) is 9.17. The molecule has 102 valence electrons. The number of phenolic OH excluding ortho intramolecular Hbond substituents is 1. The zero-order valence-corrected chi connectivity index (χ0v) is 11.2. The highest BCUT2D eigenvalue weighted by Gasteiger charge is 2.23. The average Bonchev–Trinajstić information content (AvgIpc) is 2.42. The molecule has 1 heterocycles. The van der Waals surface area contributed by atoms with Crippen LogP contribution in [0.2, 0.25) is 0 Å². The van der Waals surface area contributed by atoms with E-state index >= 15 is 0 Å². The van der Waals surface area contributed by atoms with Gasteiger partial charge in [-0.2, -0.15) is 0 Å². The molecule has 2 rings (SSSR count). The number of phenols is 1. The van der Waals surface area contributed by atoms with Crippen molar-refractivity contribution in [3.63, 3.8) is 0 Å². The molecule has 4 heteroatoms. The minimum atomic E-state index is -0.459. The molecule has 4 nitrogen and oxygen atoms in total. The van der Waals surface area contributed by atoms with Crippen LogP contribution in [0.3, 0.4) is 0 Å². The fraction of sp³-hybridized carbons (Fsp3) is 0.400. The summed E-state index contributed by atoms with van der Waals surface area (Å²) in [5.74, 6) is 0.564. The Balaban J connectivity index is 2.31. The smallest absolute Gasteiger partial charge is 0.373 e. The maximum absolute atomic E-state index is 11.7. The van der Waals surface area contributed by atoms with Crippen molar-refractivity contribution in [1.82, 2.24) is 0 Å². The first-order valence-corrected chi connectivity index (χ1v) is 6.56. The van der Waals surface area contributed by atoms with Gasteiger partial charge in [-0.05, 0) is 37.5 Å². The molecule has 0 atom stereocenters. The monoisotopic (exact) mass is 262 g/mol. The van der Waals surface area contributed by atoms with Gasteiger partial charge in [-0.15, -0.1) is 0 Å². The Bertz CT molecular complexity index is 517. The number of allylic oxidation sites excluding steroid dienone is 1. The Morgan fingerprint density at radius 3 is 2.89 bits per heavy atom. The van der Waals surface area contributed by atoms with Crippen LogP contribution in [-0.2, 0) is 22.4 Å². The summed E-state index contributed by atoms with van der Waals surface area (Å²) in [5, 5.41) is 9.91. The van der Waals surface area contributed by atoms with Gasteiger partial charge in [-0.1, -0.05) is 19.4 Å². The zero-order valence-electron chi connectivity index (χ0n) is 11.2. The number of carbonyl (C=O) groups is 1. The van der Waals surface area contributed by atoms with Crippen LogP contribution >= 0.6 is 0 Å². The first kappa shape index (κ1) is 13.5. The SMILES string of the molecule is CCCc1c(O)ccc2c1OC(C(=O)OCC)=CC2. The van der Waals surface area contributed by atoms with Gasteiger partial charge >= 0.3 is 5.97 Å². The predicted molar refractivity (Wildman–Crippen MR) is 71.1 cm³/mol. The lowest BCUT2D eigenvalue weighted by Crippen LogP contribution is -2.17. The molecule has 0 aromatic heterocycles. The summed E-state index contributed by atoms with van der Waals surface area (Å²) >= 11 is 0. The first-order valence-electron chi connectivity index (χ1n) is 6.56. The van der Waals surface area contributed by atoms with Crippen LogP contribution in [0.15, 0.2) is 24.0 Å². The molecule has 0 spiro atoms. The lowest BCUT2D eigenvalue weighted by molar-refractivity contribution is -0.141. The van der Waals surface area contributed by atoms with E-state index in [-0.39, 0.29) is 11.5 Å². The maximum atomic E-state index is 11.7. The molecule has 0 aliphatic carbocycles. The Kier molecular flexibility index (Phi) is 4.10. The van der Waals surface area contributed by atoms with Crippen LogP contribution in [-0.4, -0.2) is 17.7 Å². The van der Waals surface area contributed by atoms with E-state index in [1.54, 1.807) is 19.1 Å². The highest BCUT2D eigenvalue weighted by atomic mass is 16.6. The van der Waals surface area contributed by atoms with Crippen LogP contribution in [0.25, 0.3) is 0 Å². The van der Waals surface area contributed by atoms with E-state index in [2.05, 4.69) is 0 Å². The van der Waals surface area contributed by atoms with Crippen LogP contribution < -0.4 is 4.74 Å². The second-order valence-electron chi connectivity index (χ2n) is 4.40. The lowest BCUT2D eigenvalue weighted by Gasteiger charge is -2.20. The maximum Gasteiger partial charge on any atom is 0.373 e. The van der Waals surface area contributed by atoms with Gasteiger partial charge < -0.3 is 14.6 Å². The molecule has 0 radical (unpaired) electrons. The number of rotatable bonds is 4. The lowest BCUT2D eigenvalue weighted by atomic mass is 9.99. The third-order valence-corrected chi connectivity index (χ3v) is 3.01. The summed E-state index contributed by atoms with van der Waals surface area (Å²) in [7, 11) is 0. The predicted octanol–water partition coefficient (Wildman–Crippen LogP) is 2.73. The van der Waals surface area contributed by atoms with Crippen molar-refractivity contribution in [2.75, 3.05) is 6.61 Å². The number of fused-ring (bicyclic) bond motifs is 1. The van der Waals surface area contributed by atoms with Crippen LogP contribution in [0.1, 0.15) is 31.4 Å². The molecule has 0 saturated carbocycles. The molecule has 19 heavy (non-hydrogen) atoms. The average molecular weight is 262 g/mol. The number of benzene rings is 1. The van der Waals surface area contributed by atoms with Gasteiger partial charge in [0.15, 0.2) is 0 Å². The van der Waals surface area contributed by atoms with Crippen LogP contribution in [0.4, 0.5) is 0 Å². The van der Waals surface area contributed by atoms with E-state index in [1.165, 1.54) is 0 Å². The summed E-state index contributed by atoms with van der Waals surface area (Å²) in [6.07, 6.45) is 3.94. The second kappa shape index (κ2) is 5.78. The van der Waals surface area contributed by atoms with E-state index in [0.29, 0.717) is 25.2 Å². The van der Waals surface area contributed by atoms with Gasteiger partial charge in [0, 0.05) is 5.56 Å². The van der Waals surface area contributed by atoms with Gasteiger partial charge in [0.25, 0.3) is 0 Å². The van der Waals surface area contributed by atoms with Crippen LogP contribution in [0, 0.1) is 0 Å². The Labute approximate surface area is 112 Å². The summed E-state index contributed by atoms with van der Waals surface area (Å²) in [6, 6.07) is 3.50. The summed E-state index contributed by atoms with van der Waals surface area (Å²) in [6.45, 7) is 4.10. The number of ether oxygens (including phenoxy) is 2. The van der Waals surface area contributed by atoms with Crippen molar-refractivity contribution in [2.24, 2.45) is 0 Å². The van der Waals surface area contributed by atoms with E-state index in [1.807, 2.05) is 13.0 Å². The van der Waals surface area contributed by atoms with Crippen molar-refractivity contribution in [1.29, 1.82) is 0 Å². The van der Waals surface area contributed by atoms with Gasteiger partial charge in [-0.3, -0.25) is 0 Å². The number of esters is 1. The molecule has 1 aliphatic heterocycles. The molecule has 0 amide bonds. The molecule has 1 aliphatic rings. The van der Waals surface area contributed by atoms with Crippen molar-refractivity contribution < 1.29 is 19.4 Å². The summed E-state index contributed by atoms with van der Waals surface area (Å²) < 4.78 is 10.6. The molecule has 1 aromatic carbocycles. The summed E-state index contributed by atoms with van der Waals surface area (Å²) in [5.41, 5.74) is 1.74. The Hall–Kier alpha value is -1.97. The quantitative estimate of drug-likeness (QED) is 0.848. The van der Waals surface area contributed by atoms with Gasteiger partial charge in [0.1, 0.15) is 11.5 Å². The molecule has 0 bridgehead atoms. The van der Waals surface area contributed by atoms with E-state index < -0.39 is 5.97 Å². The molecule has 0 saturated heterocycles. The van der Waals surface area contributed by atoms with Gasteiger partial charge in [0.05, 0.1) is 6.61 Å². The highest BCUT2D eigenvalue weighted by molar-refractivity contribution is 5.87. The van der Waals surface area contributed by atoms with E-state index in [4.69, 9.17) is 9.47 Å². The third-order valence-electron chi connectivity index (χ3n) is 3.01. The molecule has 1 N–H and O–H groups in total. The topological polar surface area (TPSA) is 55.8 Å². The normalized spacial score (nSPS) is 13.3. The number of aromatic hydroxyl groups is 1. The fourth-order valence-corrected chi connectivity index (χ4v) is 2.13. The second-order valence-corrected chi connectivity index (χ2v) is 4.40. The fourth-order valence-electron chi connectivity index (χ4n) is 2.13. The molecular formula is C15H18O4. The van der Waals surface area contributed by atoms with Crippen molar-refractivity contribution >= 4 is 5.97 Å². The minimum Gasteiger partial charge on any atom is -0.508 e. The number of hydrogen-bond acceptors (Lipinski definition) is 4. The molecule has 1 aromatic rings. The van der Waals surface area contributed by atoms with Gasteiger partial charge in [0.2, 0.25) is 5.76 Å². The summed E-state index contributed by atoms with van der Waals surface area (Å²) in [4.78, 5) is 11.7. The standard InChI is InChI=1S/C15H18O4/c1-3-5-11-12(16)8-6-10-7-9-13(19-14(10)11)15(17)18-4-2/h6,8-9,16H,3-5,7H2,1-2H3. The minimum absolute atomic E-state index is 0.206. The zero-order chi connectivity index (χ0) is 13.8. The Morgan fingerprint density at radius 2 is 2.21 bits per heavy atom. The van der Waals surface area contributed by atoms with Crippen molar-refractivity contribution in [3.8, 4) is 11.5 Å². The van der Waals surface area contributed by atoms with E-state index in [0.717, 1.165) is 17.5 Å². The van der Waals surface area contributed by atoms with Crippen molar-refractivity contribution in [3.05, 3.63) is 35.1 Å². The highest BCUT2D eigenvalue weighted by Crippen LogP contribution is 2.36. The molecule has 0 fully saturated rings. The van der Waals surface area contributed by atoms with Crippen molar-refractivity contribution in [2.45, 2.75) is 33.1 Å². The number of hydrogen-bond donors (Lipinski definition) is 1. The molecular weight excluding hydrogens is 244 g/mol. The Morgan fingerprint density at radius 1 is 1.42 bits per heavy atom. The molecule has 0 unspecified atom stereocenters. The number of carbonyl (C=O) groups excluding carboxylic acids is 1.